The zero-order valence-corrected chi connectivity index (χ0v) is 10.9. The maximum atomic E-state index is 13.1. The van der Waals surface area contributed by atoms with E-state index in [4.69, 9.17) is 5.73 Å². The zero-order chi connectivity index (χ0) is 11.8. The number of nitrogens with zero attached hydrogens (tertiary/aromatic N) is 1. The number of halogens is 2. The Morgan fingerprint density at radius 2 is 1.94 bits per heavy atom. The van der Waals surface area contributed by atoms with Crippen molar-refractivity contribution in [1.82, 2.24) is 4.98 Å². The molecule has 3 rings (SSSR count). The number of hydrogen-bond donors (Lipinski definition) is 1. The molecule has 5 heteroatoms. The van der Waals surface area contributed by atoms with E-state index in [1.807, 2.05) is 24.3 Å². The van der Waals surface area contributed by atoms with Gasteiger partial charge in [0, 0.05) is 11.3 Å². The molecule has 0 aliphatic heterocycles. The predicted octanol–water partition coefficient (Wildman–Crippen LogP) is 4.11. The van der Waals surface area contributed by atoms with Gasteiger partial charge in [0.25, 0.3) is 0 Å². The van der Waals surface area contributed by atoms with Gasteiger partial charge in [-0.3, -0.25) is 0 Å². The van der Waals surface area contributed by atoms with E-state index in [1.54, 1.807) is 6.07 Å². The summed E-state index contributed by atoms with van der Waals surface area (Å²) in [6.45, 7) is 0. The highest BCUT2D eigenvalue weighted by Crippen LogP contribution is 2.31. The second-order valence-corrected chi connectivity index (χ2v) is 4.79. The number of benzene rings is 2. The summed E-state index contributed by atoms with van der Waals surface area (Å²) in [5, 5.41) is 0.810. The van der Waals surface area contributed by atoms with Crippen LogP contribution in [0.15, 0.2) is 42.5 Å². The SMILES string of the molecule is Cl.Nc1ccc2nc(-c3cccc(F)c3)sc2c1. The Hall–Kier alpha value is -1.65. The number of nitrogens with two attached hydrogens (primary N) is 1. The summed E-state index contributed by atoms with van der Waals surface area (Å²) >= 11 is 1.52. The van der Waals surface area contributed by atoms with E-state index in [2.05, 4.69) is 4.98 Å². The van der Waals surface area contributed by atoms with Crippen LogP contribution in [0.4, 0.5) is 10.1 Å². The van der Waals surface area contributed by atoms with Gasteiger partial charge in [0.1, 0.15) is 10.8 Å². The molecule has 0 atom stereocenters. The molecule has 3 aromatic rings. The van der Waals surface area contributed by atoms with E-state index in [0.29, 0.717) is 5.69 Å². The van der Waals surface area contributed by atoms with Crippen LogP contribution in [-0.2, 0) is 0 Å². The van der Waals surface area contributed by atoms with Crippen molar-refractivity contribution in [2.45, 2.75) is 0 Å². The Morgan fingerprint density at radius 1 is 1.11 bits per heavy atom. The normalized spacial score (nSPS) is 10.3. The molecule has 2 aromatic carbocycles. The number of thiazole rings is 1. The van der Waals surface area contributed by atoms with Crippen LogP contribution in [0.3, 0.4) is 0 Å². The van der Waals surface area contributed by atoms with Gasteiger partial charge in [0.05, 0.1) is 10.2 Å². The fourth-order valence-electron chi connectivity index (χ4n) is 1.69. The maximum Gasteiger partial charge on any atom is 0.124 e. The van der Waals surface area contributed by atoms with Crippen LogP contribution >= 0.6 is 23.7 Å². The first kappa shape index (κ1) is 12.8. The molecule has 18 heavy (non-hydrogen) atoms. The predicted molar refractivity (Wildman–Crippen MR) is 76.7 cm³/mol. The zero-order valence-electron chi connectivity index (χ0n) is 9.26. The van der Waals surface area contributed by atoms with Crippen LogP contribution in [0, 0.1) is 5.82 Å². The van der Waals surface area contributed by atoms with E-state index >= 15 is 0 Å². The van der Waals surface area contributed by atoms with Gasteiger partial charge in [-0.2, -0.15) is 0 Å². The topological polar surface area (TPSA) is 38.9 Å². The Balaban J connectivity index is 0.00000120. The second kappa shape index (κ2) is 4.92. The molecular formula is C13H10ClFN2S. The lowest BCUT2D eigenvalue weighted by atomic mass is 10.2. The molecule has 92 valence electrons. The van der Waals surface area contributed by atoms with E-state index < -0.39 is 0 Å². The van der Waals surface area contributed by atoms with E-state index in [-0.39, 0.29) is 18.2 Å². The monoisotopic (exact) mass is 280 g/mol. The minimum absolute atomic E-state index is 0. The van der Waals surface area contributed by atoms with Crippen LogP contribution in [0.5, 0.6) is 0 Å². The van der Waals surface area contributed by atoms with Crippen LogP contribution in [0.1, 0.15) is 0 Å². The highest BCUT2D eigenvalue weighted by molar-refractivity contribution is 7.21. The van der Waals surface area contributed by atoms with Crippen molar-refractivity contribution in [3.8, 4) is 10.6 Å². The number of rotatable bonds is 1. The summed E-state index contributed by atoms with van der Waals surface area (Å²) in [7, 11) is 0. The van der Waals surface area contributed by atoms with Crippen molar-refractivity contribution in [2.75, 3.05) is 5.73 Å². The lowest BCUT2D eigenvalue weighted by Crippen LogP contribution is -1.81. The summed E-state index contributed by atoms with van der Waals surface area (Å²) in [6.07, 6.45) is 0. The van der Waals surface area contributed by atoms with Gasteiger partial charge in [-0.05, 0) is 30.3 Å². The summed E-state index contributed by atoms with van der Waals surface area (Å²) in [4.78, 5) is 4.46. The Kier molecular flexibility index (Phi) is 3.50. The molecule has 0 radical (unpaired) electrons. The average Bonchev–Trinajstić information content (AvgIpc) is 2.72. The van der Waals surface area contributed by atoms with Crippen molar-refractivity contribution >= 4 is 39.6 Å². The van der Waals surface area contributed by atoms with Crippen molar-refractivity contribution in [2.24, 2.45) is 0 Å². The lowest BCUT2D eigenvalue weighted by Gasteiger charge is -1.94. The van der Waals surface area contributed by atoms with Crippen LogP contribution < -0.4 is 5.73 Å². The van der Waals surface area contributed by atoms with Gasteiger partial charge in [-0.1, -0.05) is 12.1 Å². The van der Waals surface area contributed by atoms with Crippen molar-refractivity contribution in [3.63, 3.8) is 0 Å². The molecule has 2 N–H and O–H groups in total. The highest BCUT2D eigenvalue weighted by Gasteiger charge is 2.06. The van der Waals surface area contributed by atoms with Gasteiger partial charge in [-0.15, -0.1) is 23.7 Å². The largest absolute Gasteiger partial charge is 0.399 e. The number of hydrogen-bond acceptors (Lipinski definition) is 3. The number of aromatic nitrogens is 1. The molecule has 0 spiro atoms. The Labute approximate surface area is 114 Å². The third kappa shape index (κ3) is 2.30. The Morgan fingerprint density at radius 3 is 2.72 bits per heavy atom. The summed E-state index contributed by atoms with van der Waals surface area (Å²) < 4.78 is 14.1. The van der Waals surface area contributed by atoms with Crippen LogP contribution in [-0.4, -0.2) is 4.98 Å². The van der Waals surface area contributed by atoms with Gasteiger partial charge in [0.15, 0.2) is 0 Å². The minimum Gasteiger partial charge on any atom is -0.399 e. The first-order valence-corrected chi connectivity index (χ1v) is 5.96. The van der Waals surface area contributed by atoms with Crippen molar-refractivity contribution < 1.29 is 4.39 Å². The van der Waals surface area contributed by atoms with Gasteiger partial charge in [-0.25, -0.2) is 9.37 Å². The van der Waals surface area contributed by atoms with E-state index in [9.17, 15) is 4.39 Å². The smallest absolute Gasteiger partial charge is 0.124 e. The molecule has 1 aromatic heterocycles. The van der Waals surface area contributed by atoms with E-state index in [0.717, 1.165) is 20.8 Å². The molecule has 0 bridgehead atoms. The van der Waals surface area contributed by atoms with Gasteiger partial charge < -0.3 is 5.73 Å². The molecule has 0 fully saturated rings. The van der Waals surface area contributed by atoms with Crippen LogP contribution in [0.2, 0.25) is 0 Å². The molecule has 0 saturated carbocycles. The maximum absolute atomic E-state index is 13.1. The van der Waals surface area contributed by atoms with Gasteiger partial charge >= 0.3 is 0 Å². The van der Waals surface area contributed by atoms with E-state index in [1.165, 1.54) is 23.5 Å². The first-order chi connectivity index (χ1) is 8.22. The number of nitrogen functional groups attached to an aromatic ring is 1. The average molecular weight is 281 g/mol. The molecule has 0 aliphatic carbocycles. The molecule has 0 saturated heterocycles. The molecule has 0 amide bonds. The van der Waals surface area contributed by atoms with Crippen molar-refractivity contribution in [3.05, 3.63) is 48.3 Å². The molecule has 0 unspecified atom stereocenters. The second-order valence-electron chi connectivity index (χ2n) is 3.76. The third-order valence-electron chi connectivity index (χ3n) is 2.48. The highest BCUT2D eigenvalue weighted by atomic mass is 35.5. The summed E-state index contributed by atoms with van der Waals surface area (Å²) in [6, 6.07) is 12.0. The molecule has 0 aliphatic rings. The number of fused-ring (bicyclic) bond motifs is 1. The molecule has 2 nitrogen and oxygen atoms in total. The number of anilines is 1. The quantitative estimate of drug-likeness (QED) is 0.682. The Bertz CT molecular complexity index is 696. The fourth-order valence-corrected chi connectivity index (χ4v) is 2.70. The van der Waals surface area contributed by atoms with Crippen LogP contribution in [0.25, 0.3) is 20.8 Å². The standard InChI is InChI=1S/C13H9FN2S.ClH/c14-9-3-1-2-8(6-9)13-16-11-5-4-10(15)7-12(11)17-13;/h1-7H,15H2;1H. The van der Waals surface area contributed by atoms with Gasteiger partial charge in [0.2, 0.25) is 0 Å². The minimum atomic E-state index is -0.249. The molecular weight excluding hydrogens is 271 g/mol. The lowest BCUT2D eigenvalue weighted by molar-refractivity contribution is 0.628. The third-order valence-corrected chi connectivity index (χ3v) is 3.55. The molecule has 1 heterocycles. The summed E-state index contributed by atoms with van der Waals surface area (Å²) in [5.41, 5.74) is 8.12. The summed E-state index contributed by atoms with van der Waals surface area (Å²) in [5.74, 6) is -0.249. The fraction of sp³-hybridized carbons (Fsp3) is 0. The van der Waals surface area contributed by atoms with Crippen molar-refractivity contribution in [1.29, 1.82) is 0 Å². The first-order valence-electron chi connectivity index (χ1n) is 5.14.